The molecule has 28 heavy (non-hydrogen) atoms. The highest BCUT2D eigenvalue weighted by atomic mass is 32.1. The highest BCUT2D eigenvalue weighted by Crippen LogP contribution is 2.32. The van der Waals surface area contributed by atoms with Crippen LogP contribution in [0.4, 0.5) is 5.69 Å². The number of hydrogen-bond acceptors (Lipinski definition) is 9. The normalized spacial score (nSPS) is 14.1. The van der Waals surface area contributed by atoms with Crippen LogP contribution in [0.2, 0.25) is 0 Å². The molecule has 1 N–H and O–H groups in total. The van der Waals surface area contributed by atoms with E-state index in [0.717, 1.165) is 23.7 Å². The van der Waals surface area contributed by atoms with Crippen LogP contribution in [-0.2, 0) is 11.3 Å². The van der Waals surface area contributed by atoms with Gasteiger partial charge in [-0.25, -0.2) is 4.37 Å². The number of methoxy groups -OCH3 is 1. The third kappa shape index (κ3) is 3.82. The number of anilines is 1. The van der Waals surface area contributed by atoms with Gasteiger partial charge in [0, 0.05) is 19.3 Å². The molecule has 3 aromatic rings. The number of morpholine rings is 1. The van der Waals surface area contributed by atoms with Crippen molar-refractivity contribution in [3.05, 3.63) is 41.9 Å². The van der Waals surface area contributed by atoms with Gasteiger partial charge in [0.05, 0.1) is 38.1 Å². The van der Waals surface area contributed by atoms with Crippen molar-refractivity contribution in [2.75, 3.05) is 38.3 Å². The summed E-state index contributed by atoms with van der Waals surface area (Å²) in [7, 11) is 1.56. The number of carbonyl (C=O) groups is 1. The molecule has 1 aliphatic rings. The third-order valence-corrected chi connectivity index (χ3v) is 5.04. The van der Waals surface area contributed by atoms with E-state index in [-0.39, 0.29) is 12.5 Å². The number of carbonyl (C=O) groups excluding carboxylic acids is 1. The zero-order valence-corrected chi connectivity index (χ0v) is 16.1. The SMILES string of the molecule is COc1c(C(=O)NCc2nnc(-c3ccns3)o2)cccc1N1CCOCC1. The lowest BCUT2D eigenvalue weighted by Gasteiger charge is -2.30. The minimum absolute atomic E-state index is 0.121. The van der Waals surface area contributed by atoms with E-state index < -0.39 is 0 Å². The molecule has 146 valence electrons. The fourth-order valence-corrected chi connectivity index (χ4v) is 3.49. The molecular formula is C18H19N5O4S. The Hall–Kier alpha value is -2.98. The van der Waals surface area contributed by atoms with Gasteiger partial charge in [-0.05, 0) is 29.7 Å². The van der Waals surface area contributed by atoms with Crippen LogP contribution >= 0.6 is 11.5 Å². The molecule has 0 unspecified atom stereocenters. The third-order valence-electron chi connectivity index (χ3n) is 4.31. The summed E-state index contributed by atoms with van der Waals surface area (Å²) in [6.07, 6.45) is 1.67. The molecule has 1 amide bonds. The second-order valence-electron chi connectivity index (χ2n) is 6.02. The average Bonchev–Trinajstić information content (AvgIpc) is 3.44. The Bertz CT molecular complexity index is 937. The second-order valence-corrected chi connectivity index (χ2v) is 6.85. The number of nitrogens with one attached hydrogen (secondary N) is 1. The van der Waals surface area contributed by atoms with Crippen LogP contribution in [0.15, 0.2) is 34.9 Å². The fraction of sp³-hybridized carbons (Fsp3) is 0.333. The molecule has 1 aromatic carbocycles. The van der Waals surface area contributed by atoms with Crippen LogP contribution in [-0.4, -0.2) is 53.9 Å². The zero-order chi connectivity index (χ0) is 19.3. The Labute approximate surface area is 165 Å². The number of nitrogens with zero attached hydrogens (tertiary/aromatic N) is 4. The molecular weight excluding hydrogens is 382 g/mol. The van der Waals surface area contributed by atoms with E-state index in [0.29, 0.717) is 36.3 Å². The van der Waals surface area contributed by atoms with Crippen molar-refractivity contribution in [2.24, 2.45) is 0 Å². The molecule has 10 heteroatoms. The van der Waals surface area contributed by atoms with E-state index in [4.69, 9.17) is 13.9 Å². The summed E-state index contributed by atoms with van der Waals surface area (Å²) >= 11 is 1.27. The van der Waals surface area contributed by atoms with Crippen LogP contribution < -0.4 is 15.0 Å². The molecule has 0 radical (unpaired) electrons. The van der Waals surface area contributed by atoms with Crippen LogP contribution in [0.25, 0.3) is 10.8 Å². The van der Waals surface area contributed by atoms with Crippen LogP contribution in [0, 0.1) is 0 Å². The van der Waals surface area contributed by atoms with Gasteiger partial charge >= 0.3 is 0 Å². The fourth-order valence-electron chi connectivity index (χ4n) is 2.97. The topological polar surface area (TPSA) is 103 Å². The molecule has 9 nitrogen and oxygen atoms in total. The first-order valence-electron chi connectivity index (χ1n) is 8.77. The molecule has 0 saturated carbocycles. The van der Waals surface area contributed by atoms with Gasteiger partial charge in [-0.1, -0.05) is 6.07 Å². The predicted molar refractivity (Wildman–Crippen MR) is 103 cm³/mol. The lowest BCUT2D eigenvalue weighted by Crippen LogP contribution is -2.36. The van der Waals surface area contributed by atoms with Crippen molar-refractivity contribution in [2.45, 2.75) is 6.54 Å². The summed E-state index contributed by atoms with van der Waals surface area (Å²) in [5, 5.41) is 10.8. The molecule has 0 spiro atoms. The molecule has 0 aliphatic carbocycles. The number of hydrogen-bond donors (Lipinski definition) is 1. The molecule has 1 fully saturated rings. The van der Waals surface area contributed by atoms with Crippen molar-refractivity contribution < 1.29 is 18.7 Å². The van der Waals surface area contributed by atoms with Gasteiger partial charge in [-0.15, -0.1) is 10.2 Å². The smallest absolute Gasteiger partial charge is 0.259 e. The number of amides is 1. The number of para-hydroxylation sites is 1. The lowest BCUT2D eigenvalue weighted by molar-refractivity contribution is 0.0944. The van der Waals surface area contributed by atoms with Crippen molar-refractivity contribution in [3.63, 3.8) is 0 Å². The molecule has 3 heterocycles. The first-order chi connectivity index (χ1) is 13.8. The van der Waals surface area contributed by atoms with E-state index in [1.54, 1.807) is 25.4 Å². The van der Waals surface area contributed by atoms with E-state index >= 15 is 0 Å². The minimum Gasteiger partial charge on any atom is -0.494 e. The standard InChI is InChI=1S/C18H19N5O4S/c1-25-16-12(3-2-4-13(16)23-7-9-26-10-8-23)17(24)19-11-15-21-22-18(27-15)14-5-6-20-28-14/h2-6H,7-11H2,1H3,(H,19,24). The first kappa shape index (κ1) is 18.4. The Kier molecular flexibility index (Phi) is 5.49. The van der Waals surface area contributed by atoms with Gasteiger partial charge in [-0.3, -0.25) is 4.79 Å². The van der Waals surface area contributed by atoms with Crippen LogP contribution in [0.3, 0.4) is 0 Å². The van der Waals surface area contributed by atoms with Crippen molar-refractivity contribution in [1.29, 1.82) is 0 Å². The molecule has 1 aliphatic heterocycles. The summed E-state index contributed by atoms with van der Waals surface area (Å²) in [4.78, 5) is 15.7. The number of benzene rings is 1. The van der Waals surface area contributed by atoms with Crippen LogP contribution in [0.1, 0.15) is 16.2 Å². The summed E-state index contributed by atoms with van der Waals surface area (Å²) in [5.41, 5.74) is 1.33. The van der Waals surface area contributed by atoms with Crippen molar-refractivity contribution in [1.82, 2.24) is 19.9 Å². The van der Waals surface area contributed by atoms with E-state index in [9.17, 15) is 4.79 Å². The second kappa shape index (κ2) is 8.36. The van der Waals surface area contributed by atoms with E-state index in [1.807, 2.05) is 12.1 Å². The van der Waals surface area contributed by atoms with Gasteiger partial charge < -0.3 is 24.1 Å². The molecule has 4 rings (SSSR count). The van der Waals surface area contributed by atoms with Gasteiger partial charge in [-0.2, -0.15) is 0 Å². The van der Waals surface area contributed by atoms with Gasteiger partial charge in [0.2, 0.25) is 5.89 Å². The number of rotatable bonds is 6. The maximum Gasteiger partial charge on any atom is 0.259 e. The summed E-state index contributed by atoms with van der Waals surface area (Å²) in [5.74, 6) is 0.973. The maximum absolute atomic E-state index is 12.7. The minimum atomic E-state index is -0.274. The monoisotopic (exact) mass is 401 g/mol. The summed E-state index contributed by atoms with van der Waals surface area (Å²) in [6, 6.07) is 7.31. The Morgan fingerprint density at radius 1 is 1.29 bits per heavy atom. The van der Waals surface area contributed by atoms with E-state index in [2.05, 4.69) is 24.8 Å². The number of ether oxygens (including phenoxy) is 2. The highest BCUT2D eigenvalue weighted by molar-refractivity contribution is 7.09. The molecule has 2 aromatic heterocycles. The summed E-state index contributed by atoms with van der Waals surface area (Å²) < 4.78 is 20.5. The van der Waals surface area contributed by atoms with Crippen LogP contribution in [0.5, 0.6) is 5.75 Å². The quantitative estimate of drug-likeness (QED) is 0.669. The summed E-state index contributed by atoms with van der Waals surface area (Å²) in [6.45, 7) is 2.93. The molecule has 1 saturated heterocycles. The predicted octanol–water partition coefficient (Wildman–Crippen LogP) is 1.97. The zero-order valence-electron chi connectivity index (χ0n) is 15.3. The van der Waals surface area contributed by atoms with Gasteiger partial charge in [0.15, 0.2) is 5.75 Å². The maximum atomic E-state index is 12.7. The Morgan fingerprint density at radius 2 is 2.14 bits per heavy atom. The lowest BCUT2D eigenvalue weighted by atomic mass is 10.1. The van der Waals surface area contributed by atoms with Crippen molar-refractivity contribution in [3.8, 4) is 16.5 Å². The Morgan fingerprint density at radius 3 is 2.89 bits per heavy atom. The number of aromatic nitrogens is 3. The molecule has 0 atom stereocenters. The Balaban J connectivity index is 1.47. The average molecular weight is 401 g/mol. The first-order valence-corrected chi connectivity index (χ1v) is 9.55. The molecule has 0 bridgehead atoms. The van der Waals surface area contributed by atoms with Crippen molar-refractivity contribution >= 4 is 23.1 Å². The van der Waals surface area contributed by atoms with Gasteiger partial charge in [0.1, 0.15) is 4.88 Å². The van der Waals surface area contributed by atoms with Gasteiger partial charge in [0.25, 0.3) is 11.8 Å². The largest absolute Gasteiger partial charge is 0.494 e. The van der Waals surface area contributed by atoms with E-state index in [1.165, 1.54) is 11.5 Å². The highest BCUT2D eigenvalue weighted by Gasteiger charge is 2.21.